The van der Waals surface area contributed by atoms with Gasteiger partial charge >= 0.3 is 0 Å². The topological polar surface area (TPSA) is 94.9 Å². The average Bonchev–Trinajstić information content (AvgIpc) is 3.18. The lowest BCUT2D eigenvalue weighted by molar-refractivity contribution is 0.363. The molecule has 2 aliphatic rings. The van der Waals surface area contributed by atoms with Gasteiger partial charge in [-0.2, -0.15) is 4.98 Å². The minimum Gasteiger partial charge on any atom is -0.371 e. The minimum atomic E-state index is -0.409. The summed E-state index contributed by atoms with van der Waals surface area (Å²) in [5.74, 6) is 1.64. The Morgan fingerprint density at radius 1 is 1.23 bits per heavy atom. The van der Waals surface area contributed by atoms with E-state index in [1.165, 1.54) is 17.0 Å². The highest BCUT2D eigenvalue weighted by Crippen LogP contribution is 2.58. The van der Waals surface area contributed by atoms with Crippen LogP contribution in [0.5, 0.6) is 0 Å². The first-order valence-electron chi connectivity index (χ1n) is 9.88. The van der Waals surface area contributed by atoms with Crippen molar-refractivity contribution in [2.24, 2.45) is 18.9 Å². The number of piperidine rings is 1. The summed E-state index contributed by atoms with van der Waals surface area (Å²) < 4.78 is 22.2. The molecule has 158 valence electrons. The molecule has 1 unspecified atom stereocenters. The summed E-state index contributed by atoms with van der Waals surface area (Å²) in [4.78, 5) is 27.6. The Balaban J connectivity index is 1.16. The molecule has 11 heteroatoms. The number of imidazole rings is 1. The van der Waals surface area contributed by atoms with E-state index in [9.17, 15) is 9.18 Å². The lowest BCUT2D eigenvalue weighted by Gasteiger charge is -2.21. The van der Waals surface area contributed by atoms with E-state index in [2.05, 4.69) is 25.0 Å². The Kier molecular flexibility index (Phi) is 3.95. The zero-order valence-electron chi connectivity index (χ0n) is 16.4. The molecule has 31 heavy (non-hydrogen) atoms. The van der Waals surface area contributed by atoms with Crippen LogP contribution in [0.15, 0.2) is 40.2 Å². The van der Waals surface area contributed by atoms with E-state index in [1.807, 2.05) is 6.07 Å². The second-order valence-corrected chi connectivity index (χ2v) is 8.52. The van der Waals surface area contributed by atoms with Crippen LogP contribution in [0.1, 0.15) is 17.6 Å². The van der Waals surface area contributed by atoms with Gasteiger partial charge in [-0.05, 0) is 30.0 Å². The quantitative estimate of drug-likeness (QED) is 0.479. The van der Waals surface area contributed by atoms with Crippen LogP contribution in [0.2, 0.25) is 5.02 Å². The van der Waals surface area contributed by atoms with Crippen LogP contribution >= 0.6 is 11.6 Å². The minimum absolute atomic E-state index is 0.127. The van der Waals surface area contributed by atoms with Crippen molar-refractivity contribution in [1.82, 2.24) is 29.2 Å². The Morgan fingerprint density at radius 3 is 2.77 bits per heavy atom. The first-order valence-corrected chi connectivity index (χ1v) is 10.3. The smallest absolute Gasteiger partial charge is 0.280 e. The summed E-state index contributed by atoms with van der Waals surface area (Å²) >= 11 is 5.78. The molecule has 3 aromatic heterocycles. The highest BCUT2D eigenvalue weighted by Gasteiger charge is 2.58. The third kappa shape index (κ3) is 2.93. The van der Waals surface area contributed by atoms with Crippen molar-refractivity contribution in [3.05, 3.63) is 63.8 Å². The molecule has 3 atom stereocenters. The van der Waals surface area contributed by atoms with Crippen LogP contribution in [0.3, 0.4) is 0 Å². The van der Waals surface area contributed by atoms with E-state index in [-0.39, 0.29) is 23.0 Å². The molecule has 4 aromatic rings. The molecule has 1 aliphatic carbocycles. The standard InChI is InChI=1S/C20H17ClFN7O2/c1-27-8-23-19-17(27)20(30)29(9-24-19)7-15-25-18(26-31-15)16-11-5-28(6-12(11)16)10-2-3-13(21)14(22)4-10/h2-4,8-9,11-12,16H,5-7H2,1H3/t11-,12+,16?. The lowest BCUT2D eigenvalue weighted by atomic mass is 10.2. The van der Waals surface area contributed by atoms with Crippen LogP contribution < -0.4 is 10.5 Å². The van der Waals surface area contributed by atoms with Crippen LogP contribution in [-0.2, 0) is 13.6 Å². The predicted molar refractivity (Wildman–Crippen MR) is 110 cm³/mol. The molecular weight excluding hydrogens is 425 g/mol. The summed E-state index contributed by atoms with van der Waals surface area (Å²) in [6, 6.07) is 4.89. The monoisotopic (exact) mass is 441 g/mol. The number of halogens is 2. The zero-order chi connectivity index (χ0) is 21.3. The Hall–Kier alpha value is -3.27. The number of anilines is 1. The maximum Gasteiger partial charge on any atom is 0.280 e. The number of rotatable bonds is 4. The normalized spacial score (nSPS) is 22.3. The molecular formula is C20H17ClFN7O2. The van der Waals surface area contributed by atoms with Gasteiger partial charge in [-0.1, -0.05) is 16.8 Å². The summed E-state index contributed by atoms with van der Waals surface area (Å²) in [7, 11) is 1.75. The number of benzene rings is 1. The van der Waals surface area contributed by atoms with Gasteiger partial charge in [0.05, 0.1) is 11.3 Å². The van der Waals surface area contributed by atoms with Crippen LogP contribution in [0.25, 0.3) is 11.2 Å². The molecule has 6 rings (SSSR count). The van der Waals surface area contributed by atoms with E-state index < -0.39 is 5.82 Å². The van der Waals surface area contributed by atoms with Gasteiger partial charge in [-0.3, -0.25) is 9.36 Å². The number of hydrogen-bond donors (Lipinski definition) is 0. The molecule has 1 aliphatic heterocycles. The van der Waals surface area contributed by atoms with Gasteiger partial charge in [-0.15, -0.1) is 0 Å². The Bertz CT molecular complexity index is 1370. The first-order chi connectivity index (χ1) is 15.0. The van der Waals surface area contributed by atoms with Crippen LogP contribution in [0.4, 0.5) is 10.1 Å². The van der Waals surface area contributed by atoms with Gasteiger partial charge in [-0.25, -0.2) is 14.4 Å². The third-order valence-corrected chi connectivity index (χ3v) is 6.56. The molecule has 2 fully saturated rings. The third-order valence-electron chi connectivity index (χ3n) is 6.25. The Morgan fingerprint density at radius 2 is 2.00 bits per heavy atom. The lowest BCUT2D eigenvalue weighted by Crippen LogP contribution is -2.24. The number of aryl methyl sites for hydroxylation is 1. The van der Waals surface area contributed by atoms with E-state index in [1.54, 1.807) is 24.0 Å². The first kappa shape index (κ1) is 18.5. The second-order valence-electron chi connectivity index (χ2n) is 8.11. The van der Waals surface area contributed by atoms with E-state index in [4.69, 9.17) is 16.1 Å². The van der Waals surface area contributed by atoms with Crippen molar-refractivity contribution >= 4 is 28.5 Å². The maximum absolute atomic E-state index is 13.8. The number of aromatic nitrogens is 6. The highest BCUT2D eigenvalue weighted by atomic mass is 35.5. The van der Waals surface area contributed by atoms with Gasteiger partial charge in [0.25, 0.3) is 5.56 Å². The molecule has 4 heterocycles. The van der Waals surface area contributed by atoms with E-state index >= 15 is 0 Å². The van der Waals surface area contributed by atoms with Gasteiger partial charge in [0.2, 0.25) is 5.89 Å². The summed E-state index contributed by atoms with van der Waals surface area (Å²) in [5.41, 5.74) is 1.46. The van der Waals surface area contributed by atoms with Gasteiger partial charge < -0.3 is 14.0 Å². The van der Waals surface area contributed by atoms with Crippen molar-refractivity contribution in [2.45, 2.75) is 12.5 Å². The van der Waals surface area contributed by atoms with Crippen LogP contribution in [-0.4, -0.2) is 42.3 Å². The molecule has 0 amide bonds. The molecule has 1 aromatic carbocycles. The largest absolute Gasteiger partial charge is 0.371 e. The summed E-state index contributed by atoms with van der Waals surface area (Å²) in [6.07, 6.45) is 3.00. The van der Waals surface area contributed by atoms with Crippen molar-refractivity contribution < 1.29 is 8.91 Å². The number of hydrogen-bond acceptors (Lipinski definition) is 7. The zero-order valence-corrected chi connectivity index (χ0v) is 17.2. The SMILES string of the molecule is Cn1cnc2ncn(Cc3nc(C4[C@H]5CN(c6ccc(Cl)c(F)c6)C[C@@H]45)no3)c(=O)c21. The van der Waals surface area contributed by atoms with Crippen LogP contribution in [0, 0.1) is 17.7 Å². The van der Waals surface area contributed by atoms with E-state index in [0.29, 0.717) is 34.7 Å². The second kappa shape index (κ2) is 6.61. The predicted octanol–water partition coefficient (Wildman–Crippen LogP) is 2.20. The summed E-state index contributed by atoms with van der Waals surface area (Å²) in [6.45, 7) is 1.76. The molecule has 1 saturated carbocycles. The van der Waals surface area contributed by atoms with Crippen molar-refractivity contribution in [1.29, 1.82) is 0 Å². The van der Waals surface area contributed by atoms with E-state index in [0.717, 1.165) is 18.8 Å². The van der Waals surface area contributed by atoms with Crippen molar-refractivity contribution in [2.75, 3.05) is 18.0 Å². The molecule has 0 radical (unpaired) electrons. The average molecular weight is 442 g/mol. The van der Waals surface area contributed by atoms with Gasteiger partial charge in [0.15, 0.2) is 17.0 Å². The molecule has 0 spiro atoms. The van der Waals surface area contributed by atoms with Gasteiger partial charge in [0, 0.05) is 31.7 Å². The molecule has 1 saturated heterocycles. The molecule has 0 bridgehead atoms. The fourth-order valence-corrected chi connectivity index (χ4v) is 4.72. The molecule has 9 nitrogen and oxygen atoms in total. The maximum atomic E-state index is 13.8. The van der Waals surface area contributed by atoms with Crippen molar-refractivity contribution in [3.8, 4) is 0 Å². The molecule has 0 N–H and O–H groups in total. The highest BCUT2D eigenvalue weighted by molar-refractivity contribution is 6.30. The number of fused-ring (bicyclic) bond motifs is 2. The fraction of sp³-hybridized carbons (Fsp3) is 0.350. The Labute approximate surface area is 180 Å². The van der Waals surface area contributed by atoms with Gasteiger partial charge in [0.1, 0.15) is 18.7 Å². The summed E-state index contributed by atoms with van der Waals surface area (Å²) in [5, 5.41) is 4.27. The number of nitrogens with zero attached hydrogens (tertiary/aromatic N) is 7. The van der Waals surface area contributed by atoms with Crippen molar-refractivity contribution in [3.63, 3.8) is 0 Å². The fourth-order valence-electron chi connectivity index (χ4n) is 4.60.